The van der Waals surface area contributed by atoms with E-state index >= 15 is 0 Å². The van der Waals surface area contributed by atoms with E-state index in [0.717, 1.165) is 12.0 Å². The quantitative estimate of drug-likeness (QED) is 0.832. The first-order valence-corrected chi connectivity index (χ1v) is 7.77. The molecular weight excluding hydrogens is 274 g/mol. The van der Waals surface area contributed by atoms with Crippen LogP contribution in [-0.4, -0.2) is 23.6 Å². The number of hydrogen-bond donors (Lipinski definition) is 0. The van der Waals surface area contributed by atoms with E-state index in [2.05, 4.69) is 30.3 Å². The van der Waals surface area contributed by atoms with Gasteiger partial charge in [0, 0.05) is 6.54 Å². The lowest BCUT2D eigenvalue weighted by Gasteiger charge is -2.37. The van der Waals surface area contributed by atoms with Crippen LogP contribution in [0.3, 0.4) is 0 Å². The minimum absolute atomic E-state index is 0.0719. The number of fused-ring (bicyclic) bond motifs is 1. The molecular formula is C19H21NO2. The Morgan fingerprint density at radius 3 is 2.50 bits per heavy atom. The molecule has 114 valence electrons. The lowest BCUT2D eigenvalue weighted by molar-refractivity contribution is 0.0660. The van der Waals surface area contributed by atoms with Crippen LogP contribution in [0.25, 0.3) is 0 Å². The first-order chi connectivity index (χ1) is 10.7. The van der Waals surface area contributed by atoms with Crippen LogP contribution in [0.15, 0.2) is 54.6 Å². The maximum absolute atomic E-state index is 12.5. The third-order valence-electron chi connectivity index (χ3n) is 3.97. The molecule has 0 aromatic heterocycles. The molecule has 0 N–H and O–H groups in total. The highest BCUT2D eigenvalue weighted by Gasteiger charge is 2.32. The van der Waals surface area contributed by atoms with Crippen LogP contribution in [0.2, 0.25) is 0 Å². The summed E-state index contributed by atoms with van der Waals surface area (Å²) >= 11 is 0. The van der Waals surface area contributed by atoms with E-state index in [4.69, 9.17) is 4.74 Å². The molecule has 3 heteroatoms. The summed E-state index contributed by atoms with van der Waals surface area (Å²) in [6, 6.07) is 18.4. The molecule has 1 aliphatic rings. The van der Waals surface area contributed by atoms with Gasteiger partial charge in [0.2, 0.25) is 0 Å². The molecule has 0 saturated carbocycles. The molecule has 0 fully saturated rings. The molecule has 0 spiro atoms. The molecule has 22 heavy (non-hydrogen) atoms. The van der Waals surface area contributed by atoms with E-state index in [0.29, 0.717) is 6.54 Å². The van der Waals surface area contributed by atoms with Gasteiger partial charge in [-0.2, -0.15) is 0 Å². The average molecular weight is 295 g/mol. The van der Waals surface area contributed by atoms with Crippen molar-refractivity contribution < 1.29 is 9.53 Å². The predicted octanol–water partition coefficient (Wildman–Crippen LogP) is 4.18. The van der Waals surface area contributed by atoms with Crippen molar-refractivity contribution in [3.63, 3.8) is 0 Å². The van der Waals surface area contributed by atoms with Crippen molar-refractivity contribution >= 4 is 6.09 Å². The third-order valence-corrected chi connectivity index (χ3v) is 3.97. The van der Waals surface area contributed by atoms with Gasteiger partial charge in [0.1, 0.15) is 0 Å². The van der Waals surface area contributed by atoms with Gasteiger partial charge >= 0.3 is 6.09 Å². The number of carbonyl (C=O) groups is 1. The normalized spacial score (nSPS) is 17.2. The molecule has 1 atom stereocenters. The minimum atomic E-state index is -0.238. The molecule has 1 amide bonds. The van der Waals surface area contributed by atoms with Gasteiger partial charge in [0.05, 0.1) is 12.1 Å². The van der Waals surface area contributed by atoms with Gasteiger partial charge in [0.15, 0.2) is 0 Å². The molecule has 3 rings (SSSR count). The van der Waals surface area contributed by atoms with Gasteiger partial charge < -0.3 is 4.74 Å². The summed E-state index contributed by atoms with van der Waals surface area (Å²) in [4.78, 5) is 14.4. The second-order valence-corrected chi connectivity index (χ2v) is 5.89. The monoisotopic (exact) mass is 295 g/mol. The Morgan fingerprint density at radius 2 is 1.77 bits per heavy atom. The summed E-state index contributed by atoms with van der Waals surface area (Å²) in [5, 5.41) is 0. The Balaban J connectivity index is 2.02. The Morgan fingerprint density at radius 1 is 1.09 bits per heavy atom. The molecule has 1 unspecified atom stereocenters. The zero-order chi connectivity index (χ0) is 15.5. The van der Waals surface area contributed by atoms with E-state index in [1.54, 1.807) is 0 Å². The van der Waals surface area contributed by atoms with Gasteiger partial charge in [-0.3, -0.25) is 4.90 Å². The van der Waals surface area contributed by atoms with Crippen molar-refractivity contribution in [3.05, 3.63) is 71.3 Å². The van der Waals surface area contributed by atoms with Gasteiger partial charge in [-0.15, -0.1) is 0 Å². The number of carbonyl (C=O) groups excluding carboxylic acids is 1. The topological polar surface area (TPSA) is 29.5 Å². The largest absolute Gasteiger partial charge is 0.447 e. The summed E-state index contributed by atoms with van der Waals surface area (Å²) < 4.78 is 5.44. The van der Waals surface area contributed by atoms with Gasteiger partial charge in [-0.25, -0.2) is 4.79 Å². The van der Waals surface area contributed by atoms with Crippen molar-refractivity contribution in [1.82, 2.24) is 4.90 Å². The van der Waals surface area contributed by atoms with Crippen LogP contribution in [0, 0.1) is 0 Å². The second-order valence-electron chi connectivity index (χ2n) is 5.89. The summed E-state index contributed by atoms with van der Waals surface area (Å²) in [6.45, 7) is 4.45. The Labute approximate surface area is 131 Å². The van der Waals surface area contributed by atoms with Crippen LogP contribution in [0.4, 0.5) is 4.79 Å². The molecule has 0 bridgehead atoms. The maximum Gasteiger partial charge on any atom is 0.410 e. The lowest BCUT2D eigenvalue weighted by Crippen LogP contribution is -2.41. The van der Waals surface area contributed by atoms with Crippen LogP contribution in [0.1, 0.15) is 36.6 Å². The van der Waals surface area contributed by atoms with Crippen LogP contribution < -0.4 is 0 Å². The zero-order valence-corrected chi connectivity index (χ0v) is 13.0. The Bertz CT molecular complexity index is 651. The minimum Gasteiger partial charge on any atom is -0.447 e. The van der Waals surface area contributed by atoms with Gasteiger partial charge in [-0.1, -0.05) is 54.6 Å². The Hall–Kier alpha value is -2.29. The fourth-order valence-corrected chi connectivity index (χ4v) is 3.03. The van der Waals surface area contributed by atoms with E-state index in [-0.39, 0.29) is 18.2 Å². The van der Waals surface area contributed by atoms with E-state index in [1.165, 1.54) is 11.1 Å². The van der Waals surface area contributed by atoms with E-state index < -0.39 is 0 Å². The average Bonchev–Trinajstić information content (AvgIpc) is 2.54. The first kappa shape index (κ1) is 14.6. The number of nitrogens with zero attached hydrogens (tertiary/aromatic N) is 1. The van der Waals surface area contributed by atoms with Crippen molar-refractivity contribution in [1.29, 1.82) is 0 Å². The lowest BCUT2D eigenvalue weighted by atomic mass is 9.88. The van der Waals surface area contributed by atoms with Crippen molar-refractivity contribution in [2.45, 2.75) is 32.4 Å². The van der Waals surface area contributed by atoms with Crippen molar-refractivity contribution in [2.24, 2.45) is 0 Å². The van der Waals surface area contributed by atoms with Crippen LogP contribution in [-0.2, 0) is 11.2 Å². The van der Waals surface area contributed by atoms with Crippen LogP contribution >= 0.6 is 0 Å². The number of rotatable bonds is 2. The molecule has 0 aliphatic carbocycles. The second kappa shape index (κ2) is 6.22. The molecule has 2 aromatic rings. The number of benzene rings is 2. The highest BCUT2D eigenvalue weighted by Crippen LogP contribution is 2.35. The predicted molar refractivity (Wildman–Crippen MR) is 86.8 cm³/mol. The third kappa shape index (κ3) is 2.84. The standard InChI is InChI=1S/C19H21NO2/c1-14(2)22-19(21)20-13-12-15-8-6-7-11-17(15)18(20)16-9-4-3-5-10-16/h3-11,14,18H,12-13H2,1-2H3. The van der Waals surface area contributed by atoms with E-state index in [9.17, 15) is 4.79 Å². The SMILES string of the molecule is CC(C)OC(=O)N1CCc2ccccc2C1c1ccccc1. The molecule has 1 aliphatic heterocycles. The summed E-state index contributed by atoms with van der Waals surface area (Å²) in [6.07, 6.45) is 0.520. The number of amides is 1. The van der Waals surface area contributed by atoms with Crippen LogP contribution in [0.5, 0.6) is 0 Å². The van der Waals surface area contributed by atoms with Crippen molar-refractivity contribution in [3.8, 4) is 0 Å². The summed E-state index contributed by atoms with van der Waals surface area (Å²) in [5.41, 5.74) is 3.63. The molecule has 2 aromatic carbocycles. The highest BCUT2D eigenvalue weighted by atomic mass is 16.6. The fourth-order valence-electron chi connectivity index (χ4n) is 3.03. The first-order valence-electron chi connectivity index (χ1n) is 7.77. The number of hydrogen-bond acceptors (Lipinski definition) is 2. The highest BCUT2D eigenvalue weighted by molar-refractivity contribution is 5.70. The number of ether oxygens (including phenoxy) is 1. The van der Waals surface area contributed by atoms with Gasteiger partial charge in [0.25, 0.3) is 0 Å². The maximum atomic E-state index is 12.5. The van der Waals surface area contributed by atoms with Crippen molar-refractivity contribution in [2.75, 3.05) is 6.54 Å². The fraction of sp³-hybridized carbons (Fsp3) is 0.316. The van der Waals surface area contributed by atoms with Gasteiger partial charge in [-0.05, 0) is 37.0 Å². The molecule has 0 saturated heterocycles. The zero-order valence-electron chi connectivity index (χ0n) is 13.0. The smallest absolute Gasteiger partial charge is 0.410 e. The summed E-state index contributed by atoms with van der Waals surface area (Å²) in [7, 11) is 0. The van der Waals surface area contributed by atoms with E-state index in [1.807, 2.05) is 43.0 Å². The summed E-state index contributed by atoms with van der Waals surface area (Å²) in [5.74, 6) is 0. The Kier molecular flexibility index (Phi) is 4.14. The molecule has 3 nitrogen and oxygen atoms in total. The molecule has 1 heterocycles. The molecule has 0 radical (unpaired) electrons.